The molecule has 0 aromatic carbocycles. The second kappa shape index (κ2) is 6.89. The Labute approximate surface area is 97.5 Å². The summed E-state index contributed by atoms with van der Waals surface area (Å²) in [5, 5.41) is 18.6. The molecule has 0 amide bonds. The average molecular weight is 229 g/mol. The van der Waals surface area contributed by atoms with E-state index in [0.717, 1.165) is 19.4 Å². The molecule has 0 fully saturated rings. The summed E-state index contributed by atoms with van der Waals surface area (Å²) < 4.78 is 5.50. The highest BCUT2D eigenvalue weighted by molar-refractivity contribution is 4.84. The minimum absolute atomic E-state index is 0.0594. The van der Waals surface area contributed by atoms with Crippen molar-refractivity contribution in [3.8, 4) is 0 Å². The van der Waals surface area contributed by atoms with Gasteiger partial charge in [0.25, 0.3) is 0 Å². The second-order valence-corrected chi connectivity index (χ2v) is 4.54. The summed E-state index contributed by atoms with van der Waals surface area (Å²) in [6, 6.07) is 0.0594. The van der Waals surface area contributed by atoms with Crippen LogP contribution in [0.15, 0.2) is 12.3 Å². The Kier molecular flexibility index (Phi) is 5.80. The van der Waals surface area contributed by atoms with Crippen LogP contribution < -0.4 is 0 Å². The van der Waals surface area contributed by atoms with Crippen LogP contribution in [0.25, 0.3) is 0 Å². The van der Waals surface area contributed by atoms with E-state index in [2.05, 4.69) is 4.90 Å². The standard InChI is InChI=1S/C12H23NO3/c1-10(9-14)13(7-11(2)15)8-12-5-3-4-6-16-12/h4,6,10-12,14-15H,3,5,7-9H2,1-2H3/t10-,11-,12+/m0/s1. The molecule has 94 valence electrons. The lowest BCUT2D eigenvalue weighted by atomic mass is 10.1. The first-order valence-corrected chi connectivity index (χ1v) is 5.97. The fourth-order valence-electron chi connectivity index (χ4n) is 1.87. The average Bonchev–Trinajstić information content (AvgIpc) is 2.28. The van der Waals surface area contributed by atoms with E-state index in [-0.39, 0.29) is 24.9 Å². The maximum absolute atomic E-state index is 9.42. The van der Waals surface area contributed by atoms with E-state index in [9.17, 15) is 5.11 Å². The lowest BCUT2D eigenvalue weighted by molar-refractivity contribution is 0.0253. The number of rotatable bonds is 6. The van der Waals surface area contributed by atoms with Crippen LogP contribution in [0.4, 0.5) is 0 Å². The molecule has 1 aliphatic rings. The minimum Gasteiger partial charge on any atom is -0.497 e. The van der Waals surface area contributed by atoms with Gasteiger partial charge >= 0.3 is 0 Å². The van der Waals surface area contributed by atoms with Gasteiger partial charge in [-0.05, 0) is 32.8 Å². The van der Waals surface area contributed by atoms with E-state index in [1.165, 1.54) is 0 Å². The third-order valence-electron chi connectivity index (χ3n) is 2.85. The largest absolute Gasteiger partial charge is 0.497 e. The number of nitrogens with zero attached hydrogens (tertiary/aromatic N) is 1. The van der Waals surface area contributed by atoms with Gasteiger partial charge in [0.1, 0.15) is 6.10 Å². The van der Waals surface area contributed by atoms with Gasteiger partial charge in [0.15, 0.2) is 0 Å². The van der Waals surface area contributed by atoms with Crippen molar-refractivity contribution in [3.63, 3.8) is 0 Å². The van der Waals surface area contributed by atoms with Crippen LogP contribution in [0.5, 0.6) is 0 Å². The van der Waals surface area contributed by atoms with Crippen molar-refractivity contribution >= 4 is 0 Å². The summed E-state index contributed by atoms with van der Waals surface area (Å²) >= 11 is 0. The summed E-state index contributed by atoms with van der Waals surface area (Å²) in [4.78, 5) is 2.08. The van der Waals surface area contributed by atoms with E-state index in [0.29, 0.717) is 6.54 Å². The molecule has 0 aliphatic carbocycles. The molecule has 4 nitrogen and oxygen atoms in total. The van der Waals surface area contributed by atoms with Crippen molar-refractivity contribution in [2.24, 2.45) is 0 Å². The zero-order valence-corrected chi connectivity index (χ0v) is 10.2. The Balaban J connectivity index is 2.45. The number of allylic oxidation sites excluding steroid dienone is 1. The highest BCUT2D eigenvalue weighted by atomic mass is 16.5. The molecule has 0 aromatic heterocycles. The molecule has 2 N–H and O–H groups in total. The topological polar surface area (TPSA) is 52.9 Å². The van der Waals surface area contributed by atoms with Crippen LogP contribution >= 0.6 is 0 Å². The van der Waals surface area contributed by atoms with E-state index in [4.69, 9.17) is 9.84 Å². The van der Waals surface area contributed by atoms with Gasteiger partial charge < -0.3 is 14.9 Å². The van der Waals surface area contributed by atoms with Crippen LogP contribution in [0.3, 0.4) is 0 Å². The van der Waals surface area contributed by atoms with Gasteiger partial charge in [0, 0.05) is 19.1 Å². The van der Waals surface area contributed by atoms with Crippen molar-refractivity contribution in [2.45, 2.75) is 44.9 Å². The third-order valence-corrected chi connectivity index (χ3v) is 2.85. The molecule has 0 saturated carbocycles. The van der Waals surface area contributed by atoms with Crippen LogP contribution in [-0.2, 0) is 4.74 Å². The number of hydrogen-bond donors (Lipinski definition) is 2. The highest BCUT2D eigenvalue weighted by Gasteiger charge is 2.21. The van der Waals surface area contributed by atoms with Crippen molar-refractivity contribution < 1.29 is 14.9 Å². The smallest absolute Gasteiger partial charge is 0.111 e. The molecule has 16 heavy (non-hydrogen) atoms. The SMILES string of the molecule is C[C@H](O)CN(C[C@H]1CCC=CO1)[C@@H](C)CO. The second-order valence-electron chi connectivity index (χ2n) is 4.54. The number of aliphatic hydroxyl groups is 2. The molecular weight excluding hydrogens is 206 g/mol. The minimum atomic E-state index is -0.381. The summed E-state index contributed by atoms with van der Waals surface area (Å²) in [6.07, 6.45) is 5.61. The highest BCUT2D eigenvalue weighted by Crippen LogP contribution is 2.13. The fourth-order valence-corrected chi connectivity index (χ4v) is 1.87. The Morgan fingerprint density at radius 2 is 2.25 bits per heavy atom. The predicted molar refractivity (Wildman–Crippen MR) is 63.0 cm³/mol. The molecular formula is C12H23NO3. The van der Waals surface area contributed by atoms with Crippen LogP contribution in [0.1, 0.15) is 26.7 Å². The molecule has 3 atom stereocenters. The summed E-state index contributed by atoms with van der Waals surface area (Å²) in [5.74, 6) is 0. The Morgan fingerprint density at radius 3 is 2.75 bits per heavy atom. The van der Waals surface area contributed by atoms with Gasteiger partial charge in [-0.2, -0.15) is 0 Å². The number of ether oxygens (including phenoxy) is 1. The molecule has 0 unspecified atom stereocenters. The molecule has 1 heterocycles. The van der Waals surface area contributed by atoms with Crippen LogP contribution in [0, 0.1) is 0 Å². The molecule has 0 bridgehead atoms. The quantitative estimate of drug-likeness (QED) is 0.705. The lowest BCUT2D eigenvalue weighted by Gasteiger charge is -2.32. The van der Waals surface area contributed by atoms with Gasteiger partial charge in [0.05, 0.1) is 19.0 Å². The summed E-state index contributed by atoms with van der Waals surface area (Å²) in [7, 11) is 0. The Bertz CT molecular complexity index is 218. The van der Waals surface area contributed by atoms with Crippen molar-refractivity contribution in [1.29, 1.82) is 0 Å². The fraction of sp³-hybridized carbons (Fsp3) is 0.833. The van der Waals surface area contributed by atoms with Gasteiger partial charge in [-0.25, -0.2) is 0 Å². The first-order valence-electron chi connectivity index (χ1n) is 5.97. The molecule has 0 saturated heterocycles. The van der Waals surface area contributed by atoms with Gasteiger partial charge in [-0.15, -0.1) is 0 Å². The zero-order chi connectivity index (χ0) is 12.0. The molecule has 1 rings (SSSR count). The van der Waals surface area contributed by atoms with Gasteiger partial charge in [-0.1, -0.05) is 0 Å². The van der Waals surface area contributed by atoms with E-state index in [1.54, 1.807) is 13.2 Å². The maximum Gasteiger partial charge on any atom is 0.111 e. The first-order chi connectivity index (χ1) is 7.63. The Hall–Kier alpha value is -0.580. The Morgan fingerprint density at radius 1 is 1.50 bits per heavy atom. The monoisotopic (exact) mass is 229 g/mol. The maximum atomic E-state index is 9.42. The number of aliphatic hydroxyl groups excluding tert-OH is 2. The van der Waals surface area contributed by atoms with Gasteiger partial charge in [-0.3, -0.25) is 4.90 Å². The first kappa shape index (κ1) is 13.5. The molecule has 0 radical (unpaired) electrons. The van der Waals surface area contributed by atoms with E-state index < -0.39 is 0 Å². The van der Waals surface area contributed by atoms with Gasteiger partial charge in [0.2, 0.25) is 0 Å². The lowest BCUT2D eigenvalue weighted by Crippen LogP contribution is -2.44. The van der Waals surface area contributed by atoms with Crippen molar-refractivity contribution in [3.05, 3.63) is 12.3 Å². The molecule has 4 heteroatoms. The third kappa shape index (κ3) is 4.51. The molecule has 1 aliphatic heterocycles. The van der Waals surface area contributed by atoms with Crippen LogP contribution in [0.2, 0.25) is 0 Å². The number of hydrogen-bond acceptors (Lipinski definition) is 4. The molecule has 0 spiro atoms. The van der Waals surface area contributed by atoms with E-state index >= 15 is 0 Å². The van der Waals surface area contributed by atoms with E-state index in [1.807, 2.05) is 13.0 Å². The van der Waals surface area contributed by atoms with Crippen LogP contribution in [-0.4, -0.2) is 53.1 Å². The van der Waals surface area contributed by atoms with Crippen molar-refractivity contribution in [2.75, 3.05) is 19.7 Å². The van der Waals surface area contributed by atoms with Crippen molar-refractivity contribution in [1.82, 2.24) is 4.90 Å². The predicted octanol–water partition coefficient (Wildman–Crippen LogP) is 0.743. The normalized spacial score (nSPS) is 24.2. The summed E-state index contributed by atoms with van der Waals surface area (Å²) in [6.45, 7) is 5.16. The molecule has 0 aromatic rings. The summed E-state index contributed by atoms with van der Waals surface area (Å²) in [5.41, 5.74) is 0. The zero-order valence-electron chi connectivity index (χ0n) is 10.2.